The SMILES string of the molecule is COCCCN(Cc1cccc(OC)c1OC)C[C@H](O)COc1ccc(Cl)cc1. The molecule has 0 unspecified atom stereocenters. The van der Waals surface area contributed by atoms with Gasteiger partial charge >= 0.3 is 0 Å². The topological polar surface area (TPSA) is 60.4 Å². The maximum Gasteiger partial charge on any atom is 0.165 e. The third-order valence-corrected chi connectivity index (χ3v) is 4.68. The Kier molecular flexibility index (Phi) is 10.1. The highest BCUT2D eigenvalue weighted by atomic mass is 35.5. The zero-order valence-corrected chi connectivity index (χ0v) is 18.0. The lowest BCUT2D eigenvalue weighted by Crippen LogP contribution is -2.36. The van der Waals surface area contributed by atoms with E-state index in [1.54, 1.807) is 45.6 Å². The summed E-state index contributed by atoms with van der Waals surface area (Å²) in [6.07, 6.45) is 0.206. The van der Waals surface area contributed by atoms with Gasteiger partial charge in [0.15, 0.2) is 11.5 Å². The van der Waals surface area contributed by atoms with E-state index in [0.29, 0.717) is 42.0 Å². The summed E-state index contributed by atoms with van der Waals surface area (Å²) < 4.78 is 21.8. The zero-order valence-electron chi connectivity index (χ0n) is 17.3. The lowest BCUT2D eigenvalue weighted by Gasteiger charge is -2.26. The van der Waals surface area contributed by atoms with E-state index in [-0.39, 0.29) is 6.61 Å². The molecule has 0 aliphatic heterocycles. The monoisotopic (exact) mass is 423 g/mol. The lowest BCUT2D eigenvalue weighted by molar-refractivity contribution is 0.0614. The number of halogens is 1. The molecular weight excluding hydrogens is 394 g/mol. The number of nitrogens with zero attached hydrogens (tertiary/aromatic N) is 1. The molecule has 0 aromatic heterocycles. The smallest absolute Gasteiger partial charge is 0.165 e. The molecule has 0 radical (unpaired) electrons. The maximum absolute atomic E-state index is 10.5. The van der Waals surface area contributed by atoms with E-state index in [0.717, 1.165) is 18.5 Å². The van der Waals surface area contributed by atoms with Gasteiger partial charge in [0, 0.05) is 43.9 Å². The van der Waals surface area contributed by atoms with Gasteiger partial charge in [-0.05, 0) is 36.8 Å². The molecule has 0 heterocycles. The van der Waals surface area contributed by atoms with Crippen molar-refractivity contribution in [1.82, 2.24) is 4.90 Å². The number of aliphatic hydroxyl groups is 1. The van der Waals surface area contributed by atoms with E-state index in [1.807, 2.05) is 18.2 Å². The summed E-state index contributed by atoms with van der Waals surface area (Å²) in [6, 6.07) is 12.9. The summed E-state index contributed by atoms with van der Waals surface area (Å²) in [6.45, 7) is 2.69. The van der Waals surface area contributed by atoms with Crippen LogP contribution in [0.5, 0.6) is 17.2 Å². The quantitative estimate of drug-likeness (QED) is 0.496. The summed E-state index contributed by atoms with van der Waals surface area (Å²) in [4.78, 5) is 2.16. The molecule has 0 saturated heterocycles. The third kappa shape index (κ3) is 7.74. The molecule has 0 amide bonds. The summed E-state index contributed by atoms with van der Waals surface area (Å²) in [7, 11) is 4.94. The summed E-state index contributed by atoms with van der Waals surface area (Å²) >= 11 is 5.89. The Hall–Kier alpha value is -1.99. The van der Waals surface area contributed by atoms with Crippen LogP contribution in [0.3, 0.4) is 0 Å². The fourth-order valence-electron chi connectivity index (χ4n) is 3.06. The number of benzene rings is 2. The fraction of sp³-hybridized carbons (Fsp3) is 0.455. The molecule has 29 heavy (non-hydrogen) atoms. The highest BCUT2D eigenvalue weighted by Crippen LogP contribution is 2.31. The molecular formula is C22H30ClNO5. The molecule has 1 atom stereocenters. The molecule has 2 aromatic carbocycles. The molecule has 0 bridgehead atoms. The maximum atomic E-state index is 10.5. The van der Waals surface area contributed by atoms with E-state index in [9.17, 15) is 5.11 Å². The first kappa shape index (κ1) is 23.3. The van der Waals surface area contributed by atoms with E-state index in [4.69, 9.17) is 30.5 Å². The average Bonchev–Trinajstić information content (AvgIpc) is 2.73. The van der Waals surface area contributed by atoms with Crippen molar-refractivity contribution in [3.8, 4) is 17.2 Å². The molecule has 2 rings (SSSR count). The number of hydrogen-bond donors (Lipinski definition) is 1. The van der Waals surface area contributed by atoms with Crippen LogP contribution in [0.1, 0.15) is 12.0 Å². The van der Waals surface area contributed by atoms with Gasteiger partial charge in [-0.15, -0.1) is 0 Å². The molecule has 6 nitrogen and oxygen atoms in total. The molecule has 7 heteroatoms. The van der Waals surface area contributed by atoms with Crippen LogP contribution in [0.15, 0.2) is 42.5 Å². The van der Waals surface area contributed by atoms with Gasteiger partial charge in [-0.2, -0.15) is 0 Å². The van der Waals surface area contributed by atoms with Crippen LogP contribution >= 0.6 is 11.6 Å². The van der Waals surface area contributed by atoms with E-state index in [2.05, 4.69) is 4.90 Å². The number of ether oxygens (including phenoxy) is 4. The van der Waals surface area contributed by atoms with Crippen LogP contribution in [0.2, 0.25) is 5.02 Å². The minimum Gasteiger partial charge on any atom is -0.493 e. The minimum absolute atomic E-state index is 0.192. The Labute approximate surface area is 177 Å². The average molecular weight is 424 g/mol. The van der Waals surface area contributed by atoms with Crippen LogP contribution in [-0.4, -0.2) is 63.7 Å². The van der Waals surface area contributed by atoms with E-state index >= 15 is 0 Å². The Balaban J connectivity index is 2.00. The van der Waals surface area contributed by atoms with Crippen molar-refractivity contribution >= 4 is 11.6 Å². The van der Waals surface area contributed by atoms with Crippen molar-refractivity contribution in [3.05, 3.63) is 53.1 Å². The third-order valence-electron chi connectivity index (χ3n) is 4.43. The lowest BCUT2D eigenvalue weighted by atomic mass is 10.1. The van der Waals surface area contributed by atoms with Gasteiger partial charge in [0.25, 0.3) is 0 Å². The molecule has 2 aromatic rings. The largest absolute Gasteiger partial charge is 0.493 e. The summed E-state index contributed by atoms with van der Waals surface area (Å²) in [5.74, 6) is 2.07. The number of hydrogen-bond acceptors (Lipinski definition) is 6. The second-order valence-corrected chi connectivity index (χ2v) is 7.09. The van der Waals surface area contributed by atoms with Crippen molar-refractivity contribution in [2.75, 3.05) is 47.6 Å². The zero-order chi connectivity index (χ0) is 21.1. The number of methoxy groups -OCH3 is 3. The highest BCUT2D eigenvalue weighted by Gasteiger charge is 2.17. The molecule has 0 saturated carbocycles. The van der Waals surface area contributed by atoms with Gasteiger partial charge in [-0.3, -0.25) is 4.90 Å². The predicted molar refractivity (Wildman–Crippen MR) is 114 cm³/mol. The Morgan fingerprint density at radius 2 is 1.79 bits per heavy atom. The van der Waals surface area contributed by atoms with Crippen LogP contribution in [0.25, 0.3) is 0 Å². The molecule has 160 valence electrons. The summed E-state index contributed by atoms with van der Waals surface area (Å²) in [5, 5.41) is 11.2. The van der Waals surface area contributed by atoms with Crippen molar-refractivity contribution in [2.45, 2.75) is 19.1 Å². The normalized spacial score (nSPS) is 12.1. The molecule has 0 aliphatic rings. The van der Waals surface area contributed by atoms with Crippen molar-refractivity contribution in [3.63, 3.8) is 0 Å². The van der Waals surface area contributed by atoms with Gasteiger partial charge in [0.1, 0.15) is 18.5 Å². The number of para-hydroxylation sites is 1. The van der Waals surface area contributed by atoms with Crippen molar-refractivity contribution < 1.29 is 24.1 Å². The Morgan fingerprint density at radius 3 is 2.45 bits per heavy atom. The van der Waals surface area contributed by atoms with E-state index in [1.165, 1.54) is 0 Å². The van der Waals surface area contributed by atoms with Crippen LogP contribution in [0.4, 0.5) is 0 Å². The van der Waals surface area contributed by atoms with Gasteiger partial charge in [0.2, 0.25) is 0 Å². The number of rotatable bonds is 13. The second kappa shape index (κ2) is 12.5. The number of aliphatic hydroxyl groups excluding tert-OH is 1. The minimum atomic E-state index is -0.648. The predicted octanol–water partition coefficient (Wildman–Crippen LogP) is 3.64. The van der Waals surface area contributed by atoms with Gasteiger partial charge < -0.3 is 24.1 Å². The highest BCUT2D eigenvalue weighted by molar-refractivity contribution is 6.30. The first-order valence-electron chi connectivity index (χ1n) is 9.55. The van der Waals surface area contributed by atoms with Gasteiger partial charge in [0.05, 0.1) is 14.2 Å². The van der Waals surface area contributed by atoms with Crippen LogP contribution in [-0.2, 0) is 11.3 Å². The van der Waals surface area contributed by atoms with Gasteiger partial charge in [-0.1, -0.05) is 23.7 Å². The summed E-state index contributed by atoms with van der Waals surface area (Å²) in [5.41, 5.74) is 0.995. The Bertz CT molecular complexity index is 726. The molecule has 0 spiro atoms. The first-order valence-corrected chi connectivity index (χ1v) is 9.92. The standard InChI is InChI=1S/C22H30ClNO5/c1-26-13-5-12-24(14-17-6-4-7-21(27-2)22(17)28-3)15-19(25)16-29-20-10-8-18(23)9-11-20/h4,6-11,19,25H,5,12-16H2,1-3H3/t19-/m0/s1. The molecule has 0 fully saturated rings. The molecule has 0 aliphatic carbocycles. The van der Waals surface area contributed by atoms with Gasteiger partial charge in [-0.25, -0.2) is 0 Å². The first-order chi connectivity index (χ1) is 14.1. The second-order valence-electron chi connectivity index (χ2n) is 6.65. The van der Waals surface area contributed by atoms with Crippen LogP contribution in [0, 0.1) is 0 Å². The van der Waals surface area contributed by atoms with E-state index < -0.39 is 6.10 Å². The fourth-order valence-corrected chi connectivity index (χ4v) is 3.19. The van der Waals surface area contributed by atoms with Crippen molar-refractivity contribution in [2.24, 2.45) is 0 Å². The Morgan fingerprint density at radius 1 is 1.03 bits per heavy atom. The van der Waals surface area contributed by atoms with Crippen LogP contribution < -0.4 is 14.2 Å². The molecule has 1 N–H and O–H groups in total. The van der Waals surface area contributed by atoms with Crippen molar-refractivity contribution in [1.29, 1.82) is 0 Å².